The van der Waals surface area contributed by atoms with Crippen LogP contribution in [-0.2, 0) is 13.0 Å². The number of fused-ring (bicyclic) bond motifs is 3. The van der Waals surface area contributed by atoms with E-state index in [4.69, 9.17) is 0 Å². The van der Waals surface area contributed by atoms with Crippen molar-refractivity contribution in [3.8, 4) is 11.1 Å². The fourth-order valence-electron chi connectivity index (χ4n) is 2.98. The first-order valence-corrected chi connectivity index (χ1v) is 8.46. The third-order valence-electron chi connectivity index (χ3n) is 4.05. The average Bonchev–Trinajstić information content (AvgIpc) is 3.20. The monoisotopic (exact) mass is 320 g/mol. The highest BCUT2D eigenvalue weighted by Gasteiger charge is 2.18. The molecule has 3 nitrogen and oxygen atoms in total. The number of hydrogen-bond acceptors (Lipinski definition) is 2. The van der Waals surface area contributed by atoms with E-state index in [1.165, 1.54) is 22.3 Å². The minimum absolute atomic E-state index is 0.172. The quantitative estimate of drug-likeness (QED) is 0.567. The van der Waals surface area contributed by atoms with Crippen molar-refractivity contribution in [2.45, 2.75) is 13.0 Å². The van der Waals surface area contributed by atoms with Crippen LogP contribution in [0.5, 0.6) is 0 Å². The molecule has 1 aliphatic carbocycles. The summed E-state index contributed by atoms with van der Waals surface area (Å²) < 4.78 is 0. The Hall–Kier alpha value is -2.59. The SMILES string of the molecule is O=C(NCc1cccs1)Nc1ccc2c(c1)Cc1ccccc1-2. The van der Waals surface area contributed by atoms with Crippen molar-refractivity contribution in [1.82, 2.24) is 5.32 Å². The van der Waals surface area contributed by atoms with Gasteiger partial charge in [0.15, 0.2) is 0 Å². The van der Waals surface area contributed by atoms with Gasteiger partial charge in [0.2, 0.25) is 0 Å². The Labute approximate surface area is 139 Å². The summed E-state index contributed by atoms with van der Waals surface area (Å²) in [7, 11) is 0. The molecule has 114 valence electrons. The van der Waals surface area contributed by atoms with Gasteiger partial charge in [-0.1, -0.05) is 36.4 Å². The number of hydrogen-bond donors (Lipinski definition) is 2. The minimum atomic E-state index is -0.172. The molecule has 1 aliphatic rings. The fraction of sp³-hybridized carbons (Fsp3) is 0.105. The molecule has 0 unspecified atom stereocenters. The zero-order valence-electron chi connectivity index (χ0n) is 12.5. The molecule has 3 aromatic rings. The van der Waals surface area contributed by atoms with E-state index in [1.54, 1.807) is 11.3 Å². The molecular weight excluding hydrogens is 304 g/mol. The molecule has 0 saturated heterocycles. The number of carbonyl (C=O) groups is 1. The second kappa shape index (κ2) is 5.89. The third kappa shape index (κ3) is 2.85. The van der Waals surface area contributed by atoms with Gasteiger partial charge in [-0.3, -0.25) is 0 Å². The molecule has 23 heavy (non-hydrogen) atoms. The second-order valence-corrected chi connectivity index (χ2v) is 6.63. The summed E-state index contributed by atoms with van der Waals surface area (Å²) >= 11 is 1.64. The molecule has 0 aliphatic heterocycles. The molecule has 2 amide bonds. The lowest BCUT2D eigenvalue weighted by atomic mass is 10.1. The van der Waals surface area contributed by atoms with E-state index >= 15 is 0 Å². The van der Waals surface area contributed by atoms with Crippen LogP contribution in [0.4, 0.5) is 10.5 Å². The van der Waals surface area contributed by atoms with Gasteiger partial charge in [-0.25, -0.2) is 4.79 Å². The molecule has 4 heteroatoms. The summed E-state index contributed by atoms with van der Waals surface area (Å²) in [4.78, 5) is 13.2. The number of anilines is 1. The van der Waals surface area contributed by atoms with E-state index in [9.17, 15) is 4.79 Å². The fourth-order valence-corrected chi connectivity index (χ4v) is 3.62. The molecule has 0 atom stereocenters. The van der Waals surface area contributed by atoms with Crippen LogP contribution in [0.25, 0.3) is 11.1 Å². The second-order valence-electron chi connectivity index (χ2n) is 5.59. The predicted octanol–water partition coefficient (Wildman–Crippen LogP) is 4.64. The zero-order chi connectivity index (χ0) is 15.6. The molecule has 0 fully saturated rings. The van der Waals surface area contributed by atoms with Gasteiger partial charge in [-0.2, -0.15) is 0 Å². The first-order valence-electron chi connectivity index (χ1n) is 7.58. The van der Waals surface area contributed by atoms with Crippen LogP contribution >= 0.6 is 11.3 Å². The molecule has 1 aromatic heterocycles. The Balaban J connectivity index is 1.45. The summed E-state index contributed by atoms with van der Waals surface area (Å²) in [6.07, 6.45) is 0.928. The maximum absolute atomic E-state index is 12.0. The molecule has 2 aromatic carbocycles. The van der Waals surface area contributed by atoms with Gasteiger partial charge < -0.3 is 10.6 Å². The standard InChI is InChI=1S/C19H16N2OS/c22-19(20-12-16-5-3-9-23-16)21-15-7-8-18-14(11-15)10-13-4-1-2-6-17(13)18/h1-9,11H,10,12H2,(H2,20,21,22). The Bertz CT molecular complexity index is 856. The van der Waals surface area contributed by atoms with E-state index in [-0.39, 0.29) is 6.03 Å². The summed E-state index contributed by atoms with van der Waals surface area (Å²) in [6.45, 7) is 0.555. The average molecular weight is 320 g/mol. The Kier molecular flexibility index (Phi) is 3.60. The molecule has 2 N–H and O–H groups in total. The number of amides is 2. The molecule has 4 rings (SSSR count). The highest BCUT2D eigenvalue weighted by atomic mass is 32.1. The van der Waals surface area contributed by atoms with Crippen LogP contribution in [0.3, 0.4) is 0 Å². The highest BCUT2D eigenvalue weighted by molar-refractivity contribution is 7.09. The van der Waals surface area contributed by atoms with Crippen molar-refractivity contribution in [3.05, 3.63) is 76.0 Å². The summed E-state index contributed by atoms with van der Waals surface area (Å²) in [5, 5.41) is 7.80. The van der Waals surface area contributed by atoms with Crippen molar-refractivity contribution in [1.29, 1.82) is 0 Å². The van der Waals surface area contributed by atoms with Crippen LogP contribution in [0.2, 0.25) is 0 Å². The number of thiophene rings is 1. The lowest BCUT2D eigenvalue weighted by Crippen LogP contribution is -2.27. The van der Waals surface area contributed by atoms with Crippen molar-refractivity contribution < 1.29 is 4.79 Å². The lowest BCUT2D eigenvalue weighted by Gasteiger charge is -2.08. The van der Waals surface area contributed by atoms with Crippen LogP contribution in [-0.4, -0.2) is 6.03 Å². The molecule has 0 radical (unpaired) electrons. The zero-order valence-corrected chi connectivity index (χ0v) is 13.3. The van der Waals surface area contributed by atoms with Crippen LogP contribution in [0.15, 0.2) is 60.0 Å². The lowest BCUT2D eigenvalue weighted by molar-refractivity contribution is 0.252. The molecule has 0 saturated carbocycles. The number of benzene rings is 2. The van der Waals surface area contributed by atoms with Gasteiger partial charge in [0.25, 0.3) is 0 Å². The van der Waals surface area contributed by atoms with Crippen molar-refractivity contribution in [2.24, 2.45) is 0 Å². The topological polar surface area (TPSA) is 41.1 Å². The third-order valence-corrected chi connectivity index (χ3v) is 4.93. The summed E-state index contributed by atoms with van der Waals surface area (Å²) in [6, 6.07) is 18.4. The first-order chi connectivity index (χ1) is 11.3. The van der Waals surface area contributed by atoms with Gasteiger partial charge in [-0.05, 0) is 52.3 Å². The first kappa shape index (κ1) is 14.0. The van der Waals surface area contributed by atoms with Crippen LogP contribution in [0.1, 0.15) is 16.0 Å². The Morgan fingerprint density at radius 2 is 1.87 bits per heavy atom. The van der Waals surface area contributed by atoms with Gasteiger partial charge in [-0.15, -0.1) is 11.3 Å². The molecule has 1 heterocycles. The van der Waals surface area contributed by atoms with E-state index in [2.05, 4.69) is 47.0 Å². The maximum atomic E-state index is 12.0. The van der Waals surface area contributed by atoms with Crippen molar-refractivity contribution >= 4 is 23.1 Å². The number of rotatable bonds is 3. The number of nitrogens with one attached hydrogen (secondary N) is 2. The Morgan fingerprint density at radius 1 is 1.00 bits per heavy atom. The van der Waals surface area contributed by atoms with E-state index < -0.39 is 0 Å². The van der Waals surface area contributed by atoms with Crippen LogP contribution in [0, 0.1) is 0 Å². The van der Waals surface area contributed by atoms with Crippen molar-refractivity contribution in [3.63, 3.8) is 0 Å². The predicted molar refractivity (Wildman–Crippen MR) is 94.9 cm³/mol. The molecular formula is C19H16N2OS. The summed E-state index contributed by atoms with van der Waals surface area (Å²) in [5.41, 5.74) is 6.02. The Morgan fingerprint density at radius 3 is 2.74 bits per heavy atom. The highest BCUT2D eigenvalue weighted by Crippen LogP contribution is 2.37. The number of carbonyl (C=O) groups excluding carboxylic acids is 1. The largest absolute Gasteiger partial charge is 0.333 e. The van der Waals surface area contributed by atoms with Crippen LogP contribution < -0.4 is 10.6 Å². The van der Waals surface area contributed by atoms with E-state index in [1.807, 2.05) is 23.6 Å². The van der Waals surface area contributed by atoms with Crippen molar-refractivity contribution in [2.75, 3.05) is 5.32 Å². The minimum Gasteiger partial charge on any atom is -0.333 e. The smallest absolute Gasteiger partial charge is 0.319 e. The van der Waals surface area contributed by atoms with Gasteiger partial charge in [0.1, 0.15) is 0 Å². The van der Waals surface area contributed by atoms with Gasteiger partial charge >= 0.3 is 6.03 Å². The maximum Gasteiger partial charge on any atom is 0.319 e. The number of urea groups is 1. The summed E-state index contributed by atoms with van der Waals surface area (Å²) in [5.74, 6) is 0. The molecule has 0 spiro atoms. The van der Waals surface area contributed by atoms with E-state index in [0.717, 1.165) is 17.0 Å². The molecule has 0 bridgehead atoms. The normalized spacial score (nSPS) is 11.7. The van der Waals surface area contributed by atoms with Gasteiger partial charge in [0.05, 0.1) is 6.54 Å². The van der Waals surface area contributed by atoms with Gasteiger partial charge in [0, 0.05) is 10.6 Å². The van der Waals surface area contributed by atoms with E-state index in [0.29, 0.717) is 6.54 Å².